The van der Waals surface area contributed by atoms with Crippen molar-refractivity contribution in [2.45, 2.75) is 92.2 Å². The highest BCUT2D eigenvalue weighted by Gasteiger charge is 2.48. The Morgan fingerprint density at radius 1 is 0.895 bits per heavy atom. The molecular weight excluding hydrogens is 234 g/mol. The lowest BCUT2D eigenvalue weighted by Gasteiger charge is -2.48. The molecule has 0 saturated heterocycles. The highest BCUT2D eigenvalue weighted by molar-refractivity contribution is 5.93. The molecule has 2 nitrogen and oxygen atoms in total. The van der Waals surface area contributed by atoms with Crippen LogP contribution < -0.4 is 5.32 Å². The van der Waals surface area contributed by atoms with E-state index in [1.165, 1.54) is 0 Å². The smallest absolute Gasteiger partial charge is 0.158 e. The average Bonchev–Trinajstić information content (AvgIpc) is 2.17. The van der Waals surface area contributed by atoms with E-state index >= 15 is 0 Å². The maximum absolute atomic E-state index is 13.0. The fourth-order valence-corrected chi connectivity index (χ4v) is 3.20. The molecule has 0 aliphatic heterocycles. The largest absolute Gasteiger partial charge is 0.300 e. The Morgan fingerprint density at radius 3 is 1.63 bits per heavy atom. The zero-order chi connectivity index (χ0) is 15.1. The molecule has 1 saturated carbocycles. The summed E-state index contributed by atoms with van der Waals surface area (Å²) in [5.41, 5.74) is -0.255. The van der Waals surface area contributed by atoms with Gasteiger partial charge in [0.05, 0.1) is 5.54 Å². The predicted molar refractivity (Wildman–Crippen MR) is 82.3 cm³/mol. The van der Waals surface area contributed by atoms with Gasteiger partial charge in [0.2, 0.25) is 0 Å². The van der Waals surface area contributed by atoms with Gasteiger partial charge in [-0.25, -0.2) is 0 Å². The van der Waals surface area contributed by atoms with E-state index in [0.717, 1.165) is 25.7 Å². The fraction of sp³-hybridized carbons (Fsp3) is 0.941. The van der Waals surface area contributed by atoms with Crippen LogP contribution in [-0.4, -0.2) is 16.9 Å². The van der Waals surface area contributed by atoms with Gasteiger partial charge in [0.1, 0.15) is 0 Å². The number of Topliss-reactive ketones (excluding diaryl/α,β-unsaturated/α-hetero) is 1. The van der Waals surface area contributed by atoms with Crippen LogP contribution in [0.15, 0.2) is 0 Å². The van der Waals surface area contributed by atoms with Crippen LogP contribution in [0.1, 0.15) is 81.1 Å². The standard InChI is InChI=1S/C17H33NO/c1-14(2,3)13(19)17(18-15(4,5)6)11-9-16(7,8)10-12-17/h18H,9-12H2,1-8H3. The summed E-state index contributed by atoms with van der Waals surface area (Å²) in [4.78, 5) is 13.0. The third-order valence-corrected chi connectivity index (χ3v) is 4.19. The van der Waals surface area contributed by atoms with Gasteiger partial charge in [-0.1, -0.05) is 34.6 Å². The Labute approximate surface area is 119 Å². The van der Waals surface area contributed by atoms with Gasteiger partial charge in [-0.15, -0.1) is 0 Å². The zero-order valence-electron chi connectivity index (χ0n) is 14.2. The van der Waals surface area contributed by atoms with Gasteiger partial charge in [-0.2, -0.15) is 0 Å². The molecule has 19 heavy (non-hydrogen) atoms. The van der Waals surface area contributed by atoms with Crippen molar-refractivity contribution < 1.29 is 4.79 Å². The first-order chi connectivity index (χ1) is 8.28. The van der Waals surface area contributed by atoms with Crippen molar-refractivity contribution in [2.24, 2.45) is 10.8 Å². The lowest BCUT2D eigenvalue weighted by atomic mass is 9.63. The molecule has 1 aliphatic rings. The summed E-state index contributed by atoms with van der Waals surface area (Å²) in [5, 5.41) is 3.67. The summed E-state index contributed by atoms with van der Waals surface area (Å²) in [7, 11) is 0. The van der Waals surface area contributed by atoms with Crippen LogP contribution in [0.3, 0.4) is 0 Å². The first-order valence-corrected chi connectivity index (χ1v) is 7.62. The monoisotopic (exact) mass is 267 g/mol. The summed E-state index contributed by atoms with van der Waals surface area (Å²) in [6.07, 6.45) is 4.18. The summed E-state index contributed by atoms with van der Waals surface area (Å²) < 4.78 is 0. The van der Waals surface area contributed by atoms with Gasteiger partial charge in [0.25, 0.3) is 0 Å². The molecule has 112 valence electrons. The van der Waals surface area contributed by atoms with E-state index in [9.17, 15) is 4.79 Å². The summed E-state index contributed by atoms with van der Waals surface area (Å²) in [6.45, 7) is 17.2. The second kappa shape index (κ2) is 4.87. The van der Waals surface area contributed by atoms with Gasteiger partial charge < -0.3 is 5.32 Å². The fourth-order valence-electron chi connectivity index (χ4n) is 3.20. The number of nitrogens with one attached hydrogen (secondary N) is 1. The second-order valence-electron chi connectivity index (χ2n) is 9.20. The predicted octanol–water partition coefficient (Wildman–Crippen LogP) is 4.33. The van der Waals surface area contributed by atoms with Crippen molar-refractivity contribution in [3.63, 3.8) is 0 Å². The molecule has 0 atom stereocenters. The van der Waals surface area contributed by atoms with Gasteiger partial charge in [0.15, 0.2) is 5.78 Å². The molecule has 0 aromatic rings. The Bertz CT molecular complexity index is 331. The quantitative estimate of drug-likeness (QED) is 0.807. The molecule has 1 N–H and O–H groups in total. The number of carbonyl (C=O) groups excluding carboxylic acids is 1. The van der Waals surface area contributed by atoms with Gasteiger partial charge in [-0.05, 0) is 51.9 Å². The number of hydrogen-bond acceptors (Lipinski definition) is 2. The number of carbonyl (C=O) groups is 1. The van der Waals surface area contributed by atoms with Crippen molar-refractivity contribution in [1.29, 1.82) is 0 Å². The minimum atomic E-state index is -0.327. The molecule has 1 aliphatic carbocycles. The molecule has 0 heterocycles. The Hall–Kier alpha value is -0.370. The third-order valence-electron chi connectivity index (χ3n) is 4.19. The molecule has 0 unspecified atom stereocenters. The van der Waals surface area contributed by atoms with Crippen LogP contribution in [0.25, 0.3) is 0 Å². The summed E-state index contributed by atoms with van der Waals surface area (Å²) in [5.74, 6) is 0.380. The third kappa shape index (κ3) is 4.30. The number of hydrogen-bond donors (Lipinski definition) is 1. The minimum Gasteiger partial charge on any atom is -0.300 e. The first-order valence-electron chi connectivity index (χ1n) is 7.62. The minimum absolute atomic E-state index is 0.0254. The zero-order valence-corrected chi connectivity index (χ0v) is 14.2. The van der Waals surface area contributed by atoms with Gasteiger partial charge >= 0.3 is 0 Å². The lowest BCUT2D eigenvalue weighted by molar-refractivity contribution is -0.136. The molecule has 0 spiro atoms. The van der Waals surface area contributed by atoms with Crippen LogP contribution in [-0.2, 0) is 4.79 Å². The van der Waals surface area contributed by atoms with Crippen molar-refractivity contribution in [3.8, 4) is 0 Å². The van der Waals surface area contributed by atoms with Crippen molar-refractivity contribution in [1.82, 2.24) is 5.32 Å². The maximum Gasteiger partial charge on any atom is 0.158 e. The molecule has 2 heteroatoms. The van der Waals surface area contributed by atoms with Crippen molar-refractivity contribution in [2.75, 3.05) is 0 Å². The summed E-state index contributed by atoms with van der Waals surface area (Å²) >= 11 is 0. The second-order valence-corrected chi connectivity index (χ2v) is 9.20. The molecular formula is C17H33NO. The maximum atomic E-state index is 13.0. The number of ketones is 1. The molecule has 0 aromatic carbocycles. The lowest BCUT2D eigenvalue weighted by Crippen LogP contribution is -2.63. The van der Waals surface area contributed by atoms with E-state index in [4.69, 9.17) is 0 Å². The van der Waals surface area contributed by atoms with Crippen molar-refractivity contribution in [3.05, 3.63) is 0 Å². The van der Waals surface area contributed by atoms with E-state index in [1.807, 2.05) is 20.8 Å². The van der Waals surface area contributed by atoms with Gasteiger partial charge in [0, 0.05) is 11.0 Å². The highest BCUT2D eigenvalue weighted by atomic mass is 16.1. The average molecular weight is 267 g/mol. The van der Waals surface area contributed by atoms with Crippen LogP contribution in [0, 0.1) is 10.8 Å². The van der Waals surface area contributed by atoms with E-state index in [-0.39, 0.29) is 16.5 Å². The Balaban J connectivity index is 3.03. The molecule has 0 aromatic heterocycles. The highest BCUT2D eigenvalue weighted by Crippen LogP contribution is 2.43. The van der Waals surface area contributed by atoms with Crippen LogP contribution in [0.4, 0.5) is 0 Å². The van der Waals surface area contributed by atoms with Crippen molar-refractivity contribution >= 4 is 5.78 Å². The molecule has 0 amide bonds. The van der Waals surface area contributed by atoms with E-state index < -0.39 is 0 Å². The SMILES string of the molecule is CC1(C)CCC(NC(C)(C)C)(C(=O)C(C)(C)C)CC1. The molecule has 0 radical (unpaired) electrons. The topological polar surface area (TPSA) is 29.1 Å². The van der Waals surface area contributed by atoms with Crippen LogP contribution >= 0.6 is 0 Å². The normalized spacial score (nSPS) is 23.2. The van der Waals surface area contributed by atoms with E-state index in [1.54, 1.807) is 0 Å². The Kier molecular flexibility index (Phi) is 4.28. The summed E-state index contributed by atoms with van der Waals surface area (Å²) in [6, 6.07) is 0. The Morgan fingerprint density at radius 2 is 1.32 bits per heavy atom. The van der Waals surface area contributed by atoms with Crippen LogP contribution in [0.5, 0.6) is 0 Å². The van der Waals surface area contributed by atoms with E-state index in [0.29, 0.717) is 11.2 Å². The first kappa shape index (κ1) is 16.7. The van der Waals surface area contributed by atoms with Crippen LogP contribution in [0.2, 0.25) is 0 Å². The van der Waals surface area contributed by atoms with E-state index in [2.05, 4.69) is 39.9 Å². The molecule has 0 bridgehead atoms. The molecule has 1 rings (SSSR count). The molecule has 1 fully saturated rings. The van der Waals surface area contributed by atoms with Gasteiger partial charge in [-0.3, -0.25) is 4.79 Å². The number of rotatable bonds is 2.